The van der Waals surface area contributed by atoms with Gasteiger partial charge in [0.2, 0.25) is 20.0 Å². The van der Waals surface area contributed by atoms with Crippen LogP contribution in [-0.2, 0) is 20.0 Å². The van der Waals surface area contributed by atoms with E-state index in [1.165, 1.54) is 13.0 Å². The van der Waals surface area contributed by atoms with Crippen LogP contribution in [0.1, 0.15) is 13.3 Å². The van der Waals surface area contributed by atoms with Crippen LogP contribution in [-0.4, -0.2) is 35.7 Å². The zero-order valence-electron chi connectivity index (χ0n) is 11.3. The highest BCUT2D eigenvalue weighted by Crippen LogP contribution is 2.18. The Morgan fingerprint density at radius 2 is 1.76 bits per heavy atom. The van der Waals surface area contributed by atoms with Crippen molar-refractivity contribution < 1.29 is 21.2 Å². The average Bonchev–Trinajstić information content (AvgIpc) is 2.37. The fourth-order valence-electron chi connectivity index (χ4n) is 1.40. The van der Waals surface area contributed by atoms with Gasteiger partial charge in [0.25, 0.3) is 0 Å². The Labute approximate surface area is 128 Å². The third-order valence-electron chi connectivity index (χ3n) is 2.53. The second kappa shape index (κ2) is 7.50. The highest BCUT2D eigenvalue weighted by Gasteiger charge is 2.18. The quantitative estimate of drug-likeness (QED) is 0.680. The molecule has 0 atom stereocenters. The van der Waals surface area contributed by atoms with Gasteiger partial charge in [-0.25, -0.2) is 30.7 Å². The van der Waals surface area contributed by atoms with Gasteiger partial charge >= 0.3 is 0 Å². The summed E-state index contributed by atoms with van der Waals surface area (Å²) in [4.78, 5) is -0.499. The van der Waals surface area contributed by atoms with Crippen molar-refractivity contribution in [3.63, 3.8) is 0 Å². The third kappa shape index (κ3) is 5.87. The van der Waals surface area contributed by atoms with E-state index in [1.807, 2.05) is 0 Å². The minimum Gasteiger partial charge on any atom is -0.215 e. The molecule has 0 unspecified atom stereocenters. The number of benzene rings is 1. The second-order valence-electron chi connectivity index (χ2n) is 4.12. The SMILES string of the molecule is CCS(=O)(=O)NCCCNS(=O)(=O)c1ccc(Cl)cc1F. The molecule has 1 rings (SSSR count). The number of nitrogens with one attached hydrogen (secondary N) is 2. The molecule has 0 bridgehead atoms. The van der Waals surface area contributed by atoms with E-state index < -0.39 is 30.8 Å². The topological polar surface area (TPSA) is 92.3 Å². The van der Waals surface area contributed by atoms with Crippen LogP contribution in [0.15, 0.2) is 23.1 Å². The van der Waals surface area contributed by atoms with Crippen LogP contribution in [0.4, 0.5) is 4.39 Å². The highest BCUT2D eigenvalue weighted by molar-refractivity contribution is 7.89. The molecule has 21 heavy (non-hydrogen) atoms. The molecule has 6 nitrogen and oxygen atoms in total. The molecule has 1 aromatic rings. The fraction of sp³-hybridized carbons (Fsp3) is 0.455. The van der Waals surface area contributed by atoms with Crippen molar-refractivity contribution in [1.29, 1.82) is 0 Å². The van der Waals surface area contributed by atoms with Crippen LogP contribution in [0.5, 0.6) is 0 Å². The number of hydrogen-bond acceptors (Lipinski definition) is 4. The maximum atomic E-state index is 13.5. The Kier molecular flexibility index (Phi) is 6.54. The number of rotatable bonds is 8. The van der Waals surface area contributed by atoms with Gasteiger partial charge < -0.3 is 0 Å². The summed E-state index contributed by atoms with van der Waals surface area (Å²) in [6.45, 7) is 1.58. The van der Waals surface area contributed by atoms with Crippen molar-refractivity contribution in [3.05, 3.63) is 29.0 Å². The normalized spacial score (nSPS) is 12.5. The van der Waals surface area contributed by atoms with Gasteiger partial charge in [-0.2, -0.15) is 0 Å². The molecule has 0 saturated carbocycles. The molecule has 0 radical (unpaired) electrons. The molecule has 2 N–H and O–H groups in total. The standard InChI is InChI=1S/C11H16ClFN2O4S2/c1-2-20(16,17)14-6-3-7-15-21(18,19)11-5-4-9(12)8-10(11)13/h4-5,8,14-15H,2-3,6-7H2,1H3. The Bertz CT molecular complexity index is 692. The van der Waals surface area contributed by atoms with Gasteiger partial charge in [0.05, 0.1) is 5.75 Å². The number of hydrogen-bond donors (Lipinski definition) is 2. The second-order valence-corrected chi connectivity index (χ2v) is 8.39. The number of sulfonamides is 2. The van der Waals surface area contributed by atoms with Crippen LogP contribution < -0.4 is 9.44 Å². The molecule has 0 heterocycles. The minimum absolute atomic E-state index is 0.0172. The average molecular weight is 359 g/mol. The summed E-state index contributed by atoms with van der Waals surface area (Å²) < 4.78 is 64.0. The van der Waals surface area contributed by atoms with Gasteiger partial charge in [0.1, 0.15) is 10.7 Å². The van der Waals surface area contributed by atoms with Crippen LogP contribution in [0.25, 0.3) is 0 Å². The summed E-state index contributed by atoms with van der Waals surface area (Å²) in [5.74, 6) is -0.990. The smallest absolute Gasteiger partial charge is 0.215 e. The Morgan fingerprint density at radius 1 is 1.14 bits per heavy atom. The molecular weight excluding hydrogens is 343 g/mol. The predicted octanol–water partition coefficient (Wildman–Crippen LogP) is 1.09. The van der Waals surface area contributed by atoms with Crippen molar-refractivity contribution in [1.82, 2.24) is 9.44 Å². The van der Waals surface area contributed by atoms with Crippen molar-refractivity contribution in [2.75, 3.05) is 18.8 Å². The van der Waals surface area contributed by atoms with Crippen molar-refractivity contribution in [3.8, 4) is 0 Å². The summed E-state index contributed by atoms with van der Waals surface area (Å²) in [6.07, 6.45) is 0.244. The molecule has 0 spiro atoms. The Hall–Kier alpha value is -0.740. The first-order valence-electron chi connectivity index (χ1n) is 6.10. The maximum absolute atomic E-state index is 13.5. The lowest BCUT2D eigenvalue weighted by atomic mass is 10.3. The lowest BCUT2D eigenvalue weighted by Crippen LogP contribution is -2.31. The highest BCUT2D eigenvalue weighted by atomic mass is 35.5. The molecule has 0 aliphatic heterocycles. The van der Waals surface area contributed by atoms with E-state index in [0.717, 1.165) is 12.1 Å². The first kappa shape index (κ1) is 18.3. The zero-order chi connectivity index (χ0) is 16.1. The van der Waals surface area contributed by atoms with Gasteiger partial charge in [0, 0.05) is 18.1 Å². The van der Waals surface area contributed by atoms with Crippen molar-refractivity contribution in [2.45, 2.75) is 18.2 Å². The predicted molar refractivity (Wildman–Crippen MR) is 78.7 cm³/mol. The van der Waals surface area contributed by atoms with Crippen LogP contribution in [0, 0.1) is 5.82 Å². The van der Waals surface area contributed by atoms with E-state index in [4.69, 9.17) is 11.6 Å². The first-order chi connectivity index (χ1) is 9.68. The van der Waals surface area contributed by atoms with E-state index >= 15 is 0 Å². The van der Waals surface area contributed by atoms with Gasteiger partial charge in [-0.15, -0.1) is 0 Å². The maximum Gasteiger partial charge on any atom is 0.243 e. The zero-order valence-corrected chi connectivity index (χ0v) is 13.7. The third-order valence-corrected chi connectivity index (χ3v) is 5.66. The van der Waals surface area contributed by atoms with Crippen molar-refractivity contribution >= 4 is 31.6 Å². The monoisotopic (exact) mass is 358 g/mol. The summed E-state index contributed by atoms with van der Waals surface area (Å²) >= 11 is 5.55. The van der Waals surface area contributed by atoms with E-state index in [1.54, 1.807) is 0 Å². The fourth-order valence-corrected chi connectivity index (χ4v) is 3.35. The van der Waals surface area contributed by atoms with Crippen molar-refractivity contribution in [2.24, 2.45) is 0 Å². The largest absolute Gasteiger partial charge is 0.243 e. The lowest BCUT2D eigenvalue weighted by Gasteiger charge is -2.08. The molecule has 10 heteroatoms. The molecule has 1 aromatic carbocycles. The number of halogens is 2. The van der Waals surface area contributed by atoms with E-state index in [0.29, 0.717) is 0 Å². The summed E-state index contributed by atoms with van der Waals surface area (Å²) in [6, 6.07) is 3.25. The van der Waals surface area contributed by atoms with E-state index in [-0.39, 0.29) is 30.3 Å². The lowest BCUT2D eigenvalue weighted by molar-refractivity contribution is 0.554. The molecule has 0 fully saturated rings. The molecule has 0 aliphatic rings. The van der Waals surface area contributed by atoms with Gasteiger partial charge in [-0.3, -0.25) is 0 Å². The van der Waals surface area contributed by atoms with Gasteiger partial charge in [-0.1, -0.05) is 11.6 Å². The molecule has 120 valence electrons. The Balaban J connectivity index is 2.54. The molecule has 0 aromatic heterocycles. The van der Waals surface area contributed by atoms with Gasteiger partial charge in [-0.05, 0) is 31.5 Å². The van der Waals surface area contributed by atoms with Crippen LogP contribution in [0.2, 0.25) is 5.02 Å². The summed E-state index contributed by atoms with van der Waals surface area (Å²) in [5, 5.41) is 0.0976. The summed E-state index contributed by atoms with van der Waals surface area (Å²) in [5.41, 5.74) is 0. The molecule has 0 aliphatic carbocycles. The van der Waals surface area contributed by atoms with Crippen LogP contribution in [0.3, 0.4) is 0 Å². The molecule has 0 saturated heterocycles. The van der Waals surface area contributed by atoms with Gasteiger partial charge in [0.15, 0.2) is 0 Å². The first-order valence-corrected chi connectivity index (χ1v) is 9.61. The minimum atomic E-state index is -3.99. The summed E-state index contributed by atoms with van der Waals surface area (Å²) in [7, 11) is -7.29. The molecular formula is C11H16ClFN2O4S2. The van der Waals surface area contributed by atoms with E-state index in [2.05, 4.69) is 9.44 Å². The van der Waals surface area contributed by atoms with Crippen LogP contribution >= 0.6 is 11.6 Å². The molecule has 0 amide bonds. The van der Waals surface area contributed by atoms with E-state index in [9.17, 15) is 21.2 Å². The Morgan fingerprint density at radius 3 is 2.33 bits per heavy atom.